The van der Waals surface area contributed by atoms with Gasteiger partial charge in [-0.3, -0.25) is 4.98 Å². The SMILES string of the molecule is c1ccc2nc3c(cc2c1)C31CCNC1. The molecule has 2 aliphatic rings. The summed E-state index contributed by atoms with van der Waals surface area (Å²) in [5, 5.41) is 4.71. The molecule has 1 aliphatic carbocycles. The largest absolute Gasteiger partial charge is 0.315 e. The lowest BCUT2D eigenvalue weighted by Crippen LogP contribution is -2.13. The molecule has 1 N–H and O–H groups in total. The fraction of sp³-hybridized carbons (Fsp3) is 0.308. The minimum atomic E-state index is 0.318. The number of benzene rings is 1. The number of aromatic nitrogens is 1. The number of rotatable bonds is 0. The first-order valence-electron chi connectivity index (χ1n) is 5.52. The summed E-state index contributed by atoms with van der Waals surface area (Å²) in [6.45, 7) is 2.22. The quantitative estimate of drug-likeness (QED) is 0.695. The Bertz CT molecular complexity index is 509. The lowest BCUT2D eigenvalue weighted by Gasteiger charge is -2.00. The Balaban J connectivity index is 1.97. The highest BCUT2D eigenvalue weighted by Crippen LogP contribution is 2.53. The lowest BCUT2D eigenvalue weighted by atomic mass is 10.0. The van der Waals surface area contributed by atoms with E-state index in [0.29, 0.717) is 5.41 Å². The van der Waals surface area contributed by atoms with Crippen LogP contribution in [0.4, 0.5) is 0 Å². The van der Waals surface area contributed by atoms with Crippen molar-refractivity contribution in [2.75, 3.05) is 13.1 Å². The summed E-state index contributed by atoms with van der Waals surface area (Å²) < 4.78 is 0. The van der Waals surface area contributed by atoms with Crippen molar-refractivity contribution < 1.29 is 0 Å². The standard InChI is InChI=1S/C13H12N2/c1-2-4-11-9(3-1)7-10-12(15-11)13(10)5-6-14-8-13/h1-4,7,14H,5-6,8H2. The highest BCUT2D eigenvalue weighted by molar-refractivity contribution is 5.83. The Morgan fingerprint density at radius 1 is 1.27 bits per heavy atom. The molecule has 1 aliphatic heterocycles. The van der Waals surface area contributed by atoms with Crippen molar-refractivity contribution in [2.24, 2.45) is 0 Å². The van der Waals surface area contributed by atoms with Gasteiger partial charge in [-0.2, -0.15) is 0 Å². The van der Waals surface area contributed by atoms with Gasteiger partial charge in [-0.25, -0.2) is 0 Å². The van der Waals surface area contributed by atoms with Crippen LogP contribution in [0.25, 0.3) is 10.9 Å². The molecule has 1 fully saturated rings. The van der Waals surface area contributed by atoms with Crippen LogP contribution in [0.1, 0.15) is 17.7 Å². The van der Waals surface area contributed by atoms with Crippen LogP contribution in [0.5, 0.6) is 0 Å². The maximum absolute atomic E-state index is 4.76. The lowest BCUT2D eigenvalue weighted by molar-refractivity contribution is 0.686. The van der Waals surface area contributed by atoms with Crippen LogP contribution in [-0.2, 0) is 5.41 Å². The highest BCUT2D eigenvalue weighted by Gasteiger charge is 2.53. The number of hydrogen-bond acceptors (Lipinski definition) is 2. The molecule has 1 saturated heterocycles. The Morgan fingerprint density at radius 3 is 3.07 bits per heavy atom. The fourth-order valence-electron chi connectivity index (χ4n) is 2.85. The Hall–Kier alpha value is -1.41. The van der Waals surface area contributed by atoms with E-state index in [9.17, 15) is 0 Å². The van der Waals surface area contributed by atoms with Crippen LogP contribution in [0.15, 0.2) is 30.3 Å². The second kappa shape index (κ2) is 2.39. The number of pyridine rings is 1. The van der Waals surface area contributed by atoms with Gasteiger partial charge in [0.05, 0.1) is 16.6 Å². The van der Waals surface area contributed by atoms with Crippen LogP contribution < -0.4 is 5.32 Å². The molecule has 0 bridgehead atoms. The Morgan fingerprint density at radius 2 is 2.20 bits per heavy atom. The van der Waals surface area contributed by atoms with Crippen molar-refractivity contribution in [1.82, 2.24) is 10.3 Å². The van der Waals surface area contributed by atoms with Crippen molar-refractivity contribution in [3.05, 3.63) is 41.6 Å². The third kappa shape index (κ3) is 0.857. The summed E-state index contributed by atoms with van der Waals surface area (Å²) in [5.41, 5.74) is 4.27. The van der Waals surface area contributed by atoms with Crippen molar-refractivity contribution in [2.45, 2.75) is 11.8 Å². The molecule has 2 nitrogen and oxygen atoms in total. The van der Waals surface area contributed by atoms with Gasteiger partial charge in [-0.05, 0) is 30.7 Å². The smallest absolute Gasteiger partial charge is 0.0705 e. The molecule has 1 unspecified atom stereocenters. The predicted molar refractivity (Wildman–Crippen MR) is 60.0 cm³/mol. The fourth-order valence-corrected chi connectivity index (χ4v) is 2.85. The van der Waals surface area contributed by atoms with E-state index in [1.54, 1.807) is 0 Å². The van der Waals surface area contributed by atoms with Gasteiger partial charge in [0.15, 0.2) is 0 Å². The topological polar surface area (TPSA) is 24.9 Å². The first-order chi connectivity index (χ1) is 7.40. The molecule has 0 saturated carbocycles. The zero-order valence-electron chi connectivity index (χ0n) is 8.46. The number of para-hydroxylation sites is 1. The zero-order valence-corrected chi connectivity index (χ0v) is 8.46. The van der Waals surface area contributed by atoms with Gasteiger partial charge in [-0.1, -0.05) is 18.2 Å². The van der Waals surface area contributed by atoms with E-state index in [1.807, 2.05) is 0 Å². The maximum Gasteiger partial charge on any atom is 0.0705 e. The summed E-state index contributed by atoms with van der Waals surface area (Å²) in [5.74, 6) is 0. The van der Waals surface area contributed by atoms with Crippen LogP contribution in [-0.4, -0.2) is 18.1 Å². The van der Waals surface area contributed by atoms with Crippen molar-refractivity contribution in [1.29, 1.82) is 0 Å². The third-order valence-corrected chi connectivity index (χ3v) is 3.79. The molecule has 15 heavy (non-hydrogen) atoms. The minimum Gasteiger partial charge on any atom is -0.315 e. The molecule has 2 heteroatoms. The van der Waals surface area contributed by atoms with E-state index in [1.165, 1.54) is 23.1 Å². The average Bonchev–Trinajstić information content (AvgIpc) is 2.68. The van der Waals surface area contributed by atoms with E-state index in [0.717, 1.165) is 18.6 Å². The molecule has 74 valence electrons. The van der Waals surface area contributed by atoms with E-state index in [2.05, 4.69) is 35.6 Å². The summed E-state index contributed by atoms with van der Waals surface area (Å²) in [4.78, 5) is 4.76. The monoisotopic (exact) mass is 196 g/mol. The molecule has 1 spiro atoms. The van der Waals surface area contributed by atoms with Crippen molar-refractivity contribution >= 4 is 10.9 Å². The van der Waals surface area contributed by atoms with Crippen molar-refractivity contribution in [3.8, 4) is 0 Å². The van der Waals surface area contributed by atoms with Crippen LogP contribution >= 0.6 is 0 Å². The third-order valence-electron chi connectivity index (χ3n) is 3.79. The van der Waals surface area contributed by atoms with Gasteiger partial charge in [0.2, 0.25) is 0 Å². The molecular formula is C13H12N2. The van der Waals surface area contributed by atoms with Crippen LogP contribution in [0.2, 0.25) is 0 Å². The second-order valence-corrected chi connectivity index (χ2v) is 4.59. The molecule has 1 aromatic carbocycles. The summed E-state index contributed by atoms with van der Waals surface area (Å²) in [6.07, 6.45) is 1.23. The summed E-state index contributed by atoms with van der Waals surface area (Å²) in [6, 6.07) is 10.7. The molecular weight excluding hydrogens is 184 g/mol. The molecule has 0 amide bonds. The molecule has 4 rings (SSSR count). The van der Waals surface area contributed by atoms with Gasteiger partial charge < -0.3 is 5.32 Å². The zero-order chi connectivity index (χ0) is 9.88. The number of nitrogens with one attached hydrogen (secondary N) is 1. The first-order valence-corrected chi connectivity index (χ1v) is 5.52. The molecule has 1 atom stereocenters. The van der Waals surface area contributed by atoms with Gasteiger partial charge in [-0.15, -0.1) is 0 Å². The molecule has 2 heterocycles. The second-order valence-electron chi connectivity index (χ2n) is 4.59. The highest BCUT2D eigenvalue weighted by atomic mass is 15.0. The first kappa shape index (κ1) is 7.83. The normalized spacial score (nSPS) is 27.2. The van der Waals surface area contributed by atoms with Gasteiger partial charge in [0.25, 0.3) is 0 Å². The summed E-state index contributed by atoms with van der Waals surface area (Å²) in [7, 11) is 0. The van der Waals surface area contributed by atoms with E-state index in [-0.39, 0.29) is 0 Å². The predicted octanol–water partition coefficient (Wildman–Crippen LogP) is 1.83. The Kier molecular flexibility index (Phi) is 1.25. The van der Waals surface area contributed by atoms with E-state index in [4.69, 9.17) is 4.98 Å². The van der Waals surface area contributed by atoms with Crippen LogP contribution in [0, 0.1) is 0 Å². The number of nitrogens with zero attached hydrogens (tertiary/aromatic N) is 1. The van der Waals surface area contributed by atoms with Gasteiger partial charge in [0, 0.05) is 11.9 Å². The van der Waals surface area contributed by atoms with E-state index < -0.39 is 0 Å². The Labute approximate surface area is 88.3 Å². The average molecular weight is 196 g/mol. The van der Waals surface area contributed by atoms with Gasteiger partial charge in [0.1, 0.15) is 0 Å². The molecule has 2 aromatic rings. The summed E-state index contributed by atoms with van der Waals surface area (Å²) >= 11 is 0. The van der Waals surface area contributed by atoms with Crippen LogP contribution in [0.3, 0.4) is 0 Å². The molecule has 0 radical (unpaired) electrons. The molecule has 1 aromatic heterocycles. The minimum absolute atomic E-state index is 0.318. The maximum atomic E-state index is 4.76. The van der Waals surface area contributed by atoms with Crippen molar-refractivity contribution in [3.63, 3.8) is 0 Å². The number of fused-ring (bicyclic) bond motifs is 4. The van der Waals surface area contributed by atoms with Gasteiger partial charge >= 0.3 is 0 Å². The number of hydrogen-bond donors (Lipinski definition) is 1. The van der Waals surface area contributed by atoms with E-state index >= 15 is 0 Å².